The second-order valence-electron chi connectivity index (χ2n) is 9.60. The van der Waals surface area contributed by atoms with Crippen LogP contribution in [-0.4, -0.2) is 55.1 Å². The van der Waals surface area contributed by atoms with Gasteiger partial charge in [0.15, 0.2) is 0 Å². The number of amides is 2. The average Bonchev–Trinajstić information content (AvgIpc) is 3.54. The highest BCUT2D eigenvalue weighted by molar-refractivity contribution is 5.86. The lowest BCUT2D eigenvalue weighted by Gasteiger charge is -2.38. The monoisotopic (exact) mass is 465 g/mol. The Labute approximate surface area is 198 Å². The Hall–Kier alpha value is -3.20. The van der Waals surface area contributed by atoms with Gasteiger partial charge in [0.25, 0.3) is 5.56 Å². The van der Waals surface area contributed by atoms with Crippen LogP contribution in [0.1, 0.15) is 42.8 Å². The number of aliphatic hydroxyl groups is 1. The fourth-order valence-electron chi connectivity index (χ4n) is 5.60. The van der Waals surface area contributed by atoms with E-state index in [1.54, 1.807) is 23.0 Å². The first kappa shape index (κ1) is 22.6. The maximum atomic E-state index is 13.5. The van der Waals surface area contributed by atoms with Gasteiger partial charge in [0.1, 0.15) is 0 Å². The van der Waals surface area contributed by atoms with Gasteiger partial charge in [0, 0.05) is 62.5 Å². The number of pyridine rings is 1. The largest absolute Gasteiger partial charge is 0.396 e. The molecule has 1 saturated heterocycles. The minimum atomic E-state index is -0.623. The zero-order valence-corrected chi connectivity index (χ0v) is 19.6. The molecule has 4 heterocycles. The van der Waals surface area contributed by atoms with Crippen molar-refractivity contribution in [2.24, 2.45) is 24.8 Å². The Bertz CT molecular complexity index is 1190. The number of aliphatic hydroxyl groups excluding tert-OH is 1. The van der Waals surface area contributed by atoms with Crippen LogP contribution in [0.25, 0.3) is 6.08 Å². The molecule has 1 aliphatic carbocycles. The third kappa shape index (κ3) is 3.77. The number of imidazole rings is 1. The van der Waals surface area contributed by atoms with E-state index in [1.807, 2.05) is 41.8 Å². The van der Waals surface area contributed by atoms with Crippen LogP contribution in [0.2, 0.25) is 0 Å². The number of rotatable bonds is 7. The van der Waals surface area contributed by atoms with E-state index < -0.39 is 17.9 Å². The molecule has 2 fully saturated rings. The molecule has 9 nitrogen and oxygen atoms in total. The van der Waals surface area contributed by atoms with E-state index in [0.717, 1.165) is 18.5 Å². The first-order valence-electron chi connectivity index (χ1n) is 12.0. The van der Waals surface area contributed by atoms with Crippen LogP contribution >= 0.6 is 0 Å². The van der Waals surface area contributed by atoms with Crippen LogP contribution < -0.4 is 10.9 Å². The number of carbonyl (C=O) groups is 2. The summed E-state index contributed by atoms with van der Waals surface area (Å²) in [6, 6.07) is 2.67. The highest BCUT2D eigenvalue weighted by Crippen LogP contribution is 2.50. The quantitative estimate of drug-likeness (QED) is 0.631. The Morgan fingerprint density at radius 2 is 2.09 bits per heavy atom. The van der Waals surface area contributed by atoms with Gasteiger partial charge in [-0.15, -0.1) is 0 Å². The van der Waals surface area contributed by atoms with Crippen LogP contribution in [0.15, 0.2) is 35.5 Å². The summed E-state index contributed by atoms with van der Waals surface area (Å²) in [6.07, 6.45) is 9.51. The van der Waals surface area contributed by atoms with Crippen molar-refractivity contribution in [1.29, 1.82) is 0 Å². The van der Waals surface area contributed by atoms with Crippen LogP contribution in [0, 0.1) is 17.8 Å². The summed E-state index contributed by atoms with van der Waals surface area (Å²) in [6.45, 7) is 2.33. The molecule has 2 bridgehead atoms. The van der Waals surface area contributed by atoms with Gasteiger partial charge in [-0.2, -0.15) is 0 Å². The van der Waals surface area contributed by atoms with Gasteiger partial charge in [-0.05, 0) is 31.9 Å². The molecule has 2 amide bonds. The molecule has 9 heteroatoms. The lowest BCUT2D eigenvalue weighted by atomic mass is 9.86. The van der Waals surface area contributed by atoms with Crippen LogP contribution in [-0.2, 0) is 29.6 Å². The van der Waals surface area contributed by atoms with Crippen molar-refractivity contribution in [1.82, 2.24) is 24.3 Å². The molecule has 0 aromatic carbocycles. The highest BCUT2D eigenvalue weighted by atomic mass is 16.3. The van der Waals surface area contributed by atoms with E-state index in [2.05, 4.69) is 10.3 Å². The van der Waals surface area contributed by atoms with Crippen molar-refractivity contribution in [3.05, 3.63) is 58.0 Å². The summed E-state index contributed by atoms with van der Waals surface area (Å²) in [5, 5.41) is 13.4. The maximum absolute atomic E-state index is 13.5. The predicted octanol–water partition coefficient (Wildman–Crippen LogP) is 0.874. The minimum Gasteiger partial charge on any atom is -0.396 e. The van der Waals surface area contributed by atoms with Crippen molar-refractivity contribution >= 4 is 17.9 Å². The first-order valence-corrected chi connectivity index (χ1v) is 12.0. The summed E-state index contributed by atoms with van der Waals surface area (Å²) >= 11 is 0. The summed E-state index contributed by atoms with van der Waals surface area (Å²) in [5.41, 5.74) is 2.00. The molecule has 2 aromatic heterocycles. The van der Waals surface area contributed by atoms with Gasteiger partial charge in [-0.3, -0.25) is 14.4 Å². The first-order chi connectivity index (χ1) is 16.4. The fourth-order valence-corrected chi connectivity index (χ4v) is 5.60. The average molecular weight is 466 g/mol. The van der Waals surface area contributed by atoms with Gasteiger partial charge >= 0.3 is 0 Å². The molecule has 0 radical (unpaired) electrons. The molecule has 2 aromatic rings. The molecule has 0 unspecified atom stereocenters. The van der Waals surface area contributed by atoms with Crippen LogP contribution in [0.5, 0.6) is 0 Å². The number of nitrogens with zero attached hydrogens (tertiary/aromatic N) is 4. The molecule has 2 aliphatic heterocycles. The number of carbonyl (C=O) groups excluding carboxylic acids is 2. The Kier molecular flexibility index (Phi) is 5.89. The van der Waals surface area contributed by atoms with E-state index in [0.29, 0.717) is 24.2 Å². The number of hydrogen-bond donors (Lipinski definition) is 2. The standard InChI is InChI=1S/C25H31N5O4/c1-3-4-15-7-8-19-22-21(23(32)26-10-9-17-11-28(2)14-27-17)18(13-31)20(12-29(19)24(15)33)30(22)25(34)16-5-6-16/h3-4,7-8,11,14,16,18,20-22,31H,5-6,9-10,12-13H2,1-2H3,(H,26,32)/b4-3+/t18-,20-,21+,22+/m1/s1. The topological polar surface area (TPSA) is 109 Å². The third-order valence-electron chi connectivity index (χ3n) is 7.34. The van der Waals surface area contributed by atoms with Crippen molar-refractivity contribution < 1.29 is 14.7 Å². The molecule has 4 atom stereocenters. The molecule has 0 spiro atoms. The van der Waals surface area contributed by atoms with Gasteiger partial charge in [0.2, 0.25) is 11.8 Å². The molecule has 1 saturated carbocycles. The smallest absolute Gasteiger partial charge is 0.258 e. The van der Waals surface area contributed by atoms with Gasteiger partial charge < -0.3 is 24.5 Å². The zero-order valence-electron chi connectivity index (χ0n) is 19.6. The van der Waals surface area contributed by atoms with Gasteiger partial charge in [-0.1, -0.05) is 12.2 Å². The SMILES string of the molecule is C/C=C/c1ccc2n(c1=O)C[C@@H]1[C@@H](CO)[C@H](C(=O)NCCc3cn(C)cn3)[C@H]2N1C(=O)C1CC1. The molecular weight excluding hydrogens is 434 g/mol. The Morgan fingerprint density at radius 3 is 2.74 bits per heavy atom. The summed E-state index contributed by atoms with van der Waals surface area (Å²) in [4.78, 5) is 46.1. The van der Waals surface area contributed by atoms with Crippen LogP contribution in [0.4, 0.5) is 0 Å². The Balaban J connectivity index is 1.48. The summed E-state index contributed by atoms with van der Waals surface area (Å²) in [7, 11) is 1.90. The molecule has 180 valence electrons. The van der Waals surface area contributed by atoms with Gasteiger partial charge in [-0.25, -0.2) is 4.98 Å². The molecule has 3 aliphatic rings. The van der Waals surface area contributed by atoms with E-state index in [1.165, 1.54) is 0 Å². The molecule has 34 heavy (non-hydrogen) atoms. The van der Waals surface area contributed by atoms with Crippen molar-refractivity contribution in [3.63, 3.8) is 0 Å². The van der Waals surface area contributed by atoms with E-state index in [-0.39, 0.29) is 42.5 Å². The number of aromatic nitrogens is 3. The number of nitrogens with one attached hydrogen (secondary N) is 1. The van der Waals surface area contributed by atoms with Crippen molar-refractivity contribution in [2.45, 2.75) is 44.8 Å². The zero-order chi connectivity index (χ0) is 24.0. The number of allylic oxidation sites excluding steroid dienone is 1. The second kappa shape index (κ2) is 8.87. The predicted molar refractivity (Wildman–Crippen MR) is 125 cm³/mol. The second-order valence-corrected chi connectivity index (χ2v) is 9.60. The van der Waals surface area contributed by atoms with Crippen LogP contribution in [0.3, 0.4) is 0 Å². The number of fused-ring (bicyclic) bond motifs is 4. The van der Waals surface area contributed by atoms with E-state index in [9.17, 15) is 19.5 Å². The van der Waals surface area contributed by atoms with Crippen molar-refractivity contribution in [2.75, 3.05) is 13.2 Å². The Morgan fingerprint density at radius 1 is 1.29 bits per heavy atom. The molecule has 2 N–H and O–H groups in total. The number of hydrogen-bond acceptors (Lipinski definition) is 5. The van der Waals surface area contributed by atoms with E-state index >= 15 is 0 Å². The number of aryl methyl sites for hydroxylation is 1. The molecular formula is C25H31N5O4. The lowest BCUT2D eigenvalue weighted by Crippen LogP contribution is -2.49. The molecule has 5 rings (SSSR count). The fraction of sp³-hybridized carbons (Fsp3) is 0.520. The lowest BCUT2D eigenvalue weighted by molar-refractivity contribution is -0.138. The van der Waals surface area contributed by atoms with Gasteiger partial charge in [0.05, 0.1) is 30.0 Å². The normalized spacial score (nSPS) is 25.6. The summed E-state index contributed by atoms with van der Waals surface area (Å²) in [5.74, 6) is -1.24. The third-order valence-corrected chi connectivity index (χ3v) is 7.34. The van der Waals surface area contributed by atoms with E-state index in [4.69, 9.17) is 0 Å². The van der Waals surface area contributed by atoms with Crippen molar-refractivity contribution in [3.8, 4) is 0 Å². The summed E-state index contributed by atoms with van der Waals surface area (Å²) < 4.78 is 3.56. The minimum absolute atomic E-state index is 0.0177. The highest BCUT2D eigenvalue weighted by Gasteiger charge is 2.58. The maximum Gasteiger partial charge on any atom is 0.258 e.